The molecule has 0 bridgehead atoms. The molecule has 36 heavy (non-hydrogen) atoms. The molecule has 1 aromatic heterocycles. The number of pyridine rings is 1. The van der Waals surface area contributed by atoms with Crippen molar-refractivity contribution >= 4 is 53.8 Å². The van der Waals surface area contributed by atoms with E-state index in [0.29, 0.717) is 21.8 Å². The highest BCUT2D eigenvalue weighted by Gasteiger charge is 2.34. The number of fused-ring (bicyclic) bond motifs is 2. The van der Waals surface area contributed by atoms with E-state index in [9.17, 15) is 26.4 Å². The van der Waals surface area contributed by atoms with Gasteiger partial charge in [0, 0.05) is 31.5 Å². The zero-order valence-electron chi connectivity index (χ0n) is 20.0. The lowest BCUT2D eigenvalue weighted by Crippen LogP contribution is -2.43. The molecule has 10 nitrogen and oxygen atoms in total. The quantitative estimate of drug-likeness (QED) is 0.215. The molecule has 0 spiro atoms. The van der Waals surface area contributed by atoms with E-state index in [1.807, 2.05) is 4.57 Å². The van der Waals surface area contributed by atoms with Crippen LogP contribution in [-0.4, -0.2) is 60.2 Å². The van der Waals surface area contributed by atoms with Crippen molar-refractivity contribution in [3.05, 3.63) is 54.1 Å². The van der Waals surface area contributed by atoms with E-state index in [2.05, 4.69) is 0 Å². The summed E-state index contributed by atoms with van der Waals surface area (Å²) >= 11 is 0. The molecule has 0 aliphatic heterocycles. The minimum atomic E-state index is -4.16. The molecule has 0 aliphatic carbocycles. The minimum Gasteiger partial charge on any atom is -0.481 e. The normalized spacial score (nSPS) is 12.3. The molecule has 2 N–H and O–H groups in total. The summed E-state index contributed by atoms with van der Waals surface area (Å²) in [5.74, 6) is -2.29. The van der Waals surface area contributed by atoms with Crippen LogP contribution < -0.4 is 4.57 Å². The maximum atomic E-state index is 13.9. The third-order valence-electron chi connectivity index (χ3n) is 5.81. The number of hydrogen-bond acceptors (Lipinski definition) is 6. The van der Waals surface area contributed by atoms with Gasteiger partial charge in [0.2, 0.25) is 21.1 Å². The third-order valence-corrected chi connectivity index (χ3v) is 8.77. The number of rotatable bonds is 11. The topological polar surface area (TPSA) is 150 Å². The largest absolute Gasteiger partial charge is 0.481 e. The number of aliphatic carboxylic acids is 1. The molecule has 3 rings (SSSR count). The fraction of sp³-hybridized carbons (Fsp3) is 0.375. The number of amides is 1. The first-order chi connectivity index (χ1) is 16.8. The number of hydrogen-bond donors (Lipinski definition) is 2. The highest BCUT2D eigenvalue weighted by Crippen LogP contribution is 2.28. The number of nitrogens with zero attached hydrogens (tertiary/aromatic N) is 2. The maximum absolute atomic E-state index is 13.9. The predicted molar refractivity (Wildman–Crippen MR) is 135 cm³/mol. The first-order valence-electron chi connectivity index (χ1n) is 11.4. The molecule has 0 aliphatic rings. The predicted octanol–water partition coefficient (Wildman–Crippen LogP) is 2.60. The van der Waals surface area contributed by atoms with Gasteiger partial charge >= 0.3 is 5.97 Å². The summed E-state index contributed by atoms with van der Waals surface area (Å²) in [5.41, 5.74) is 1.33. The Morgan fingerprint density at radius 1 is 0.917 bits per heavy atom. The summed E-state index contributed by atoms with van der Waals surface area (Å²) in [6.45, 7) is 2.85. The molecule has 3 aromatic rings. The second-order valence-electron chi connectivity index (χ2n) is 8.67. The van der Waals surface area contributed by atoms with Crippen LogP contribution in [0.1, 0.15) is 43.5 Å². The van der Waals surface area contributed by atoms with Crippen molar-refractivity contribution < 1.29 is 40.7 Å². The highest BCUT2D eigenvalue weighted by molar-refractivity contribution is 7.90. The van der Waals surface area contributed by atoms with Gasteiger partial charge in [-0.1, -0.05) is 24.3 Å². The van der Waals surface area contributed by atoms with E-state index in [4.69, 9.17) is 9.66 Å². The van der Waals surface area contributed by atoms with E-state index in [1.54, 1.807) is 48.5 Å². The van der Waals surface area contributed by atoms with Crippen molar-refractivity contribution in [2.45, 2.75) is 44.9 Å². The lowest BCUT2D eigenvalue weighted by molar-refractivity contribution is -0.645. The Balaban J connectivity index is 2.23. The second kappa shape index (κ2) is 10.9. The monoisotopic (exact) mass is 537 g/mol. The van der Waals surface area contributed by atoms with Crippen LogP contribution >= 0.6 is 0 Å². The Bertz CT molecular complexity index is 1460. The van der Waals surface area contributed by atoms with Crippen molar-refractivity contribution in [1.29, 1.82) is 0 Å². The fourth-order valence-electron chi connectivity index (χ4n) is 4.09. The fourth-order valence-corrected chi connectivity index (χ4v) is 5.80. The van der Waals surface area contributed by atoms with E-state index >= 15 is 0 Å². The highest BCUT2D eigenvalue weighted by atomic mass is 32.2. The van der Waals surface area contributed by atoms with Crippen molar-refractivity contribution in [1.82, 2.24) is 4.31 Å². The van der Waals surface area contributed by atoms with Crippen LogP contribution in [0.25, 0.3) is 21.8 Å². The first kappa shape index (κ1) is 27.5. The lowest BCUT2D eigenvalue weighted by atomic mass is 10.0. The molecule has 0 fully saturated rings. The van der Waals surface area contributed by atoms with Crippen LogP contribution in [0.4, 0.5) is 0 Å². The molecular formula is C24H29N2O8S2+. The Morgan fingerprint density at radius 3 is 1.92 bits per heavy atom. The molecule has 1 amide bonds. The standard InChI is InChI=1S/C24H28N2O8S2/c1-17(2)36(33,34)26(15-7-13-22(27)28)24(29)23-18-9-3-5-11-20(18)25(14-8-16-35(30,31)32)21-12-6-4-10-19(21)23/h3-6,9-12,17H,7-8,13-16H2,1-2H3,(H-,27,28,30,31,32)/p+1. The Kier molecular flexibility index (Phi) is 8.32. The van der Waals surface area contributed by atoms with Gasteiger partial charge < -0.3 is 5.11 Å². The number of carboxylic acids is 1. The van der Waals surface area contributed by atoms with E-state index in [1.165, 1.54) is 13.8 Å². The van der Waals surface area contributed by atoms with Crippen molar-refractivity contribution in [2.24, 2.45) is 0 Å². The minimum absolute atomic E-state index is 0.0364. The summed E-state index contributed by atoms with van der Waals surface area (Å²) in [4.78, 5) is 25.0. The number of sulfonamides is 1. The average molecular weight is 538 g/mol. The maximum Gasteiger partial charge on any atom is 0.303 e. The second-order valence-corrected chi connectivity index (χ2v) is 12.7. The van der Waals surface area contributed by atoms with Gasteiger partial charge in [-0.2, -0.15) is 13.0 Å². The molecule has 12 heteroatoms. The zero-order chi connectivity index (χ0) is 26.7. The van der Waals surface area contributed by atoms with Gasteiger partial charge in [0.25, 0.3) is 16.0 Å². The van der Waals surface area contributed by atoms with Gasteiger partial charge in [0.1, 0.15) is 0 Å². The number of carbonyl (C=O) groups is 2. The van der Waals surface area contributed by atoms with Crippen LogP contribution in [0.3, 0.4) is 0 Å². The smallest absolute Gasteiger partial charge is 0.303 e. The Labute approximate surface area is 210 Å². The molecule has 2 aromatic carbocycles. The summed E-state index contributed by atoms with van der Waals surface area (Å²) in [7, 11) is -8.23. The summed E-state index contributed by atoms with van der Waals surface area (Å²) in [6.07, 6.45) is -0.208. The van der Waals surface area contributed by atoms with Crippen LogP contribution in [0.15, 0.2) is 48.5 Å². The molecule has 1 heterocycles. The number of aromatic nitrogens is 1. The van der Waals surface area contributed by atoms with Crippen molar-refractivity contribution in [3.8, 4) is 0 Å². The molecule has 0 unspecified atom stereocenters. The number of aryl methyl sites for hydroxylation is 1. The lowest BCUT2D eigenvalue weighted by Gasteiger charge is -2.25. The summed E-state index contributed by atoms with van der Waals surface area (Å²) < 4.78 is 60.6. The summed E-state index contributed by atoms with van der Waals surface area (Å²) in [6, 6.07) is 13.8. The van der Waals surface area contributed by atoms with Gasteiger partial charge in [0.15, 0.2) is 6.54 Å². The van der Waals surface area contributed by atoms with E-state index in [0.717, 1.165) is 4.31 Å². The van der Waals surface area contributed by atoms with Gasteiger partial charge in [-0.3, -0.25) is 14.1 Å². The molecular weight excluding hydrogens is 508 g/mol. The summed E-state index contributed by atoms with van der Waals surface area (Å²) in [5, 5.41) is 9.05. The van der Waals surface area contributed by atoms with Crippen molar-refractivity contribution in [2.75, 3.05) is 12.3 Å². The van der Waals surface area contributed by atoms with Gasteiger partial charge in [0.05, 0.1) is 27.3 Å². The number of para-hydroxylation sites is 2. The SMILES string of the molecule is CC(C)S(=O)(=O)N(CCCC(=O)O)C(=O)c1c2ccccc2[n+](CCCS(=O)(=O)O)c2ccccc12. The Hall–Kier alpha value is -3.09. The molecule has 0 saturated heterocycles. The van der Waals surface area contributed by atoms with Crippen molar-refractivity contribution in [3.63, 3.8) is 0 Å². The van der Waals surface area contributed by atoms with Gasteiger partial charge in [-0.15, -0.1) is 0 Å². The molecule has 0 saturated carbocycles. The van der Waals surface area contributed by atoms with Crippen LogP contribution in [0.2, 0.25) is 0 Å². The number of carbonyl (C=O) groups excluding carboxylic acids is 1. The number of carboxylic acid groups (broad SMARTS) is 1. The molecule has 0 atom stereocenters. The van der Waals surface area contributed by atoms with E-state index in [-0.39, 0.29) is 37.9 Å². The zero-order valence-corrected chi connectivity index (χ0v) is 21.6. The Morgan fingerprint density at radius 2 is 1.44 bits per heavy atom. The van der Waals surface area contributed by atoms with Crippen LogP contribution in [0.5, 0.6) is 0 Å². The molecule has 194 valence electrons. The van der Waals surface area contributed by atoms with E-state index < -0.39 is 43.0 Å². The first-order valence-corrected chi connectivity index (χ1v) is 14.5. The number of benzene rings is 2. The third kappa shape index (κ3) is 6.00. The van der Waals surface area contributed by atoms with Crippen LogP contribution in [0, 0.1) is 0 Å². The van der Waals surface area contributed by atoms with Gasteiger partial charge in [-0.05, 0) is 32.4 Å². The molecule has 0 radical (unpaired) electrons. The van der Waals surface area contributed by atoms with Crippen LogP contribution in [-0.2, 0) is 31.5 Å². The average Bonchev–Trinajstić information content (AvgIpc) is 2.80. The van der Waals surface area contributed by atoms with Gasteiger partial charge in [-0.25, -0.2) is 12.7 Å².